The molecule has 1 N–H and O–H groups in total. The first-order chi connectivity index (χ1) is 7.25. The van der Waals surface area contributed by atoms with Gasteiger partial charge in [0.15, 0.2) is 0 Å². The zero-order chi connectivity index (χ0) is 10.7. The van der Waals surface area contributed by atoms with E-state index in [2.05, 4.69) is 5.32 Å². The van der Waals surface area contributed by atoms with E-state index in [9.17, 15) is 0 Å². The van der Waals surface area contributed by atoms with Gasteiger partial charge in [0, 0.05) is 18.7 Å². The summed E-state index contributed by atoms with van der Waals surface area (Å²) in [7, 11) is 0. The molecule has 0 aliphatic heterocycles. The summed E-state index contributed by atoms with van der Waals surface area (Å²) >= 11 is 11.7. The topological polar surface area (TPSA) is 21.3 Å². The van der Waals surface area contributed by atoms with E-state index in [1.807, 2.05) is 6.07 Å². The first kappa shape index (κ1) is 11.1. The first-order valence-corrected chi connectivity index (χ1v) is 5.82. The Labute approximate surface area is 99.5 Å². The maximum Gasteiger partial charge on any atom is 0.120 e. The number of rotatable bonds is 5. The molecule has 4 heteroatoms. The Morgan fingerprint density at radius 3 is 2.73 bits per heavy atom. The van der Waals surface area contributed by atoms with Crippen molar-refractivity contribution in [3.05, 3.63) is 28.2 Å². The molecule has 2 rings (SSSR count). The third kappa shape index (κ3) is 3.56. The van der Waals surface area contributed by atoms with Crippen molar-refractivity contribution < 1.29 is 4.74 Å². The summed E-state index contributed by atoms with van der Waals surface area (Å²) in [4.78, 5) is 0. The van der Waals surface area contributed by atoms with Crippen LogP contribution in [-0.2, 0) is 0 Å². The molecule has 0 bridgehead atoms. The van der Waals surface area contributed by atoms with Crippen molar-refractivity contribution in [3.63, 3.8) is 0 Å². The number of benzene rings is 1. The highest BCUT2D eigenvalue weighted by atomic mass is 35.5. The lowest BCUT2D eigenvalue weighted by atomic mass is 10.3. The van der Waals surface area contributed by atoms with Crippen molar-refractivity contribution >= 4 is 23.2 Å². The molecule has 82 valence electrons. The zero-order valence-electron chi connectivity index (χ0n) is 8.30. The molecule has 2 nitrogen and oxygen atoms in total. The molecule has 15 heavy (non-hydrogen) atoms. The van der Waals surface area contributed by atoms with E-state index in [1.165, 1.54) is 12.8 Å². The van der Waals surface area contributed by atoms with Crippen LogP contribution < -0.4 is 10.1 Å². The van der Waals surface area contributed by atoms with E-state index in [1.54, 1.807) is 12.1 Å². The number of ether oxygens (including phenoxy) is 1. The summed E-state index contributed by atoms with van der Waals surface area (Å²) in [5.74, 6) is 0.766. The zero-order valence-corrected chi connectivity index (χ0v) is 9.81. The van der Waals surface area contributed by atoms with Gasteiger partial charge < -0.3 is 10.1 Å². The van der Waals surface area contributed by atoms with Gasteiger partial charge in [-0.15, -0.1) is 0 Å². The van der Waals surface area contributed by atoms with Gasteiger partial charge in [-0.25, -0.2) is 0 Å². The fourth-order valence-corrected chi connectivity index (χ4v) is 1.57. The molecule has 1 aromatic rings. The largest absolute Gasteiger partial charge is 0.492 e. The molecule has 0 unspecified atom stereocenters. The maximum atomic E-state index is 5.86. The van der Waals surface area contributed by atoms with Crippen LogP contribution in [0.25, 0.3) is 0 Å². The Bertz CT molecular complexity index is 339. The molecule has 0 spiro atoms. The minimum atomic E-state index is 0.532. The van der Waals surface area contributed by atoms with Gasteiger partial charge >= 0.3 is 0 Å². The van der Waals surface area contributed by atoms with Crippen LogP contribution in [0.4, 0.5) is 0 Å². The molecule has 1 saturated carbocycles. The van der Waals surface area contributed by atoms with Gasteiger partial charge in [0.2, 0.25) is 0 Å². The van der Waals surface area contributed by atoms with Crippen LogP contribution in [0.5, 0.6) is 5.75 Å². The molecule has 1 aromatic carbocycles. The molecular weight excluding hydrogens is 233 g/mol. The summed E-state index contributed by atoms with van der Waals surface area (Å²) in [5, 5.41) is 4.46. The summed E-state index contributed by atoms with van der Waals surface area (Å²) in [6.07, 6.45) is 2.60. The molecule has 1 fully saturated rings. The van der Waals surface area contributed by atoms with E-state index in [4.69, 9.17) is 27.9 Å². The maximum absolute atomic E-state index is 5.86. The second-order valence-corrected chi connectivity index (χ2v) is 4.47. The van der Waals surface area contributed by atoms with Gasteiger partial charge in [-0.05, 0) is 25.0 Å². The van der Waals surface area contributed by atoms with Crippen molar-refractivity contribution in [2.75, 3.05) is 13.2 Å². The highest BCUT2D eigenvalue weighted by Crippen LogP contribution is 2.26. The van der Waals surface area contributed by atoms with Gasteiger partial charge in [0.1, 0.15) is 12.4 Å². The minimum Gasteiger partial charge on any atom is -0.492 e. The first-order valence-electron chi connectivity index (χ1n) is 5.07. The van der Waals surface area contributed by atoms with Crippen LogP contribution in [0.3, 0.4) is 0 Å². The summed E-state index contributed by atoms with van der Waals surface area (Å²) in [6.45, 7) is 1.54. The van der Waals surface area contributed by atoms with Crippen molar-refractivity contribution in [2.45, 2.75) is 18.9 Å². The minimum absolute atomic E-state index is 0.532. The van der Waals surface area contributed by atoms with Crippen molar-refractivity contribution in [2.24, 2.45) is 0 Å². The Morgan fingerprint density at radius 2 is 2.07 bits per heavy atom. The van der Waals surface area contributed by atoms with Crippen LogP contribution in [0.1, 0.15) is 12.8 Å². The Balaban J connectivity index is 1.74. The molecule has 1 aliphatic rings. The highest BCUT2D eigenvalue weighted by Gasteiger charge is 2.19. The molecular formula is C11H13Cl2NO. The fourth-order valence-electron chi connectivity index (χ4n) is 1.29. The normalized spacial score (nSPS) is 15.3. The quantitative estimate of drug-likeness (QED) is 0.806. The van der Waals surface area contributed by atoms with E-state index in [0.29, 0.717) is 16.7 Å². The lowest BCUT2D eigenvalue weighted by molar-refractivity contribution is 0.313. The SMILES string of the molecule is Clc1ccc(OCCNC2CC2)cc1Cl. The van der Waals surface area contributed by atoms with Gasteiger partial charge in [-0.2, -0.15) is 0 Å². The third-order valence-electron chi connectivity index (χ3n) is 2.27. The van der Waals surface area contributed by atoms with Gasteiger partial charge in [-0.1, -0.05) is 23.2 Å². The van der Waals surface area contributed by atoms with E-state index in [0.717, 1.165) is 18.3 Å². The number of hydrogen-bond acceptors (Lipinski definition) is 2. The number of halogens is 2. The third-order valence-corrected chi connectivity index (χ3v) is 3.01. The average Bonchev–Trinajstić information content (AvgIpc) is 3.02. The molecule has 0 atom stereocenters. The van der Waals surface area contributed by atoms with Crippen molar-refractivity contribution in [1.82, 2.24) is 5.32 Å². The summed E-state index contributed by atoms with van der Waals surface area (Å²) in [6, 6.07) is 6.03. The Hall–Kier alpha value is -0.440. The fraction of sp³-hybridized carbons (Fsp3) is 0.455. The molecule has 0 aromatic heterocycles. The average molecular weight is 246 g/mol. The van der Waals surface area contributed by atoms with Crippen LogP contribution in [0, 0.1) is 0 Å². The van der Waals surface area contributed by atoms with Crippen LogP contribution >= 0.6 is 23.2 Å². The Morgan fingerprint density at radius 1 is 1.27 bits per heavy atom. The summed E-state index contributed by atoms with van der Waals surface area (Å²) in [5.41, 5.74) is 0. The molecule has 0 amide bonds. The molecule has 1 aliphatic carbocycles. The van der Waals surface area contributed by atoms with Crippen LogP contribution in [0.15, 0.2) is 18.2 Å². The van der Waals surface area contributed by atoms with E-state index < -0.39 is 0 Å². The van der Waals surface area contributed by atoms with Crippen molar-refractivity contribution in [3.8, 4) is 5.75 Å². The molecule has 0 heterocycles. The van der Waals surface area contributed by atoms with Crippen LogP contribution in [-0.4, -0.2) is 19.2 Å². The van der Waals surface area contributed by atoms with Crippen LogP contribution in [0.2, 0.25) is 10.0 Å². The summed E-state index contributed by atoms with van der Waals surface area (Å²) < 4.78 is 5.51. The van der Waals surface area contributed by atoms with Crippen molar-refractivity contribution in [1.29, 1.82) is 0 Å². The highest BCUT2D eigenvalue weighted by molar-refractivity contribution is 6.42. The standard InChI is InChI=1S/C11H13Cl2NO/c12-10-4-3-9(7-11(10)13)15-6-5-14-8-1-2-8/h3-4,7-8,14H,1-2,5-6H2. The predicted octanol–water partition coefficient (Wildman–Crippen LogP) is 3.12. The van der Waals surface area contributed by atoms with E-state index in [-0.39, 0.29) is 0 Å². The second-order valence-electron chi connectivity index (χ2n) is 3.65. The lowest BCUT2D eigenvalue weighted by Gasteiger charge is -2.07. The molecule has 0 radical (unpaired) electrons. The van der Waals surface area contributed by atoms with Gasteiger partial charge in [0.25, 0.3) is 0 Å². The van der Waals surface area contributed by atoms with E-state index >= 15 is 0 Å². The number of hydrogen-bond donors (Lipinski definition) is 1. The van der Waals surface area contributed by atoms with Gasteiger partial charge in [-0.3, -0.25) is 0 Å². The Kier molecular flexibility index (Phi) is 3.73. The number of nitrogens with one attached hydrogen (secondary N) is 1. The predicted molar refractivity (Wildman–Crippen MR) is 63.0 cm³/mol. The molecule has 0 saturated heterocycles. The van der Waals surface area contributed by atoms with Gasteiger partial charge in [0.05, 0.1) is 10.0 Å². The monoisotopic (exact) mass is 245 g/mol. The lowest BCUT2D eigenvalue weighted by Crippen LogP contribution is -2.22. The second kappa shape index (κ2) is 5.06. The smallest absolute Gasteiger partial charge is 0.120 e.